The number of methoxy groups -OCH3 is 1. The lowest BCUT2D eigenvalue weighted by atomic mass is 10.1. The van der Waals surface area contributed by atoms with Crippen molar-refractivity contribution in [3.8, 4) is 22.7 Å². The summed E-state index contributed by atoms with van der Waals surface area (Å²) >= 11 is 0. The van der Waals surface area contributed by atoms with Crippen LogP contribution in [0.2, 0.25) is 0 Å². The zero-order chi connectivity index (χ0) is 20.2. The smallest absolute Gasteiger partial charge is 0.270 e. The fourth-order valence-electron chi connectivity index (χ4n) is 3.07. The number of ether oxygens (including phenoxy) is 1. The van der Waals surface area contributed by atoms with E-state index in [0.29, 0.717) is 23.7 Å². The molecular weight excluding hydrogens is 366 g/mol. The Labute approximate surface area is 168 Å². The molecule has 0 aliphatic heterocycles. The predicted octanol–water partition coefficient (Wildman–Crippen LogP) is 4.38. The van der Waals surface area contributed by atoms with E-state index in [4.69, 9.17) is 14.3 Å². The molecule has 2 aromatic heterocycles. The molecule has 2 aromatic carbocycles. The van der Waals surface area contributed by atoms with Gasteiger partial charge in [-0.15, -0.1) is 0 Å². The fraction of sp³-hybridized carbons (Fsp3) is 0.130. The summed E-state index contributed by atoms with van der Waals surface area (Å²) in [6.45, 7) is 2.32. The molecule has 0 aliphatic rings. The highest BCUT2D eigenvalue weighted by atomic mass is 16.5. The highest BCUT2D eigenvalue weighted by molar-refractivity contribution is 5.94. The van der Waals surface area contributed by atoms with Crippen LogP contribution in [0.4, 0.5) is 0 Å². The molecule has 1 N–H and O–H groups in total. The van der Waals surface area contributed by atoms with Crippen molar-refractivity contribution < 1.29 is 13.9 Å². The second-order valence-electron chi connectivity index (χ2n) is 6.66. The fourth-order valence-corrected chi connectivity index (χ4v) is 3.07. The first kappa shape index (κ1) is 18.6. The van der Waals surface area contributed by atoms with Gasteiger partial charge in [0.2, 0.25) is 0 Å². The van der Waals surface area contributed by atoms with Crippen molar-refractivity contribution in [3.63, 3.8) is 0 Å². The summed E-state index contributed by atoms with van der Waals surface area (Å²) in [4.78, 5) is 12.9. The Hall–Kier alpha value is -3.80. The molecule has 6 heteroatoms. The summed E-state index contributed by atoms with van der Waals surface area (Å²) < 4.78 is 12.2. The molecule has 4 rings (SSSR count). The van der Waals surface area contributed by atoms with E-state index in [1.165, 1.54) is 0 Å². The van der Waals surface area contributed by atoms with Gasteiger partial charge in [-0.25, -0.2) is 4.68 Å². The number of hydrogen-bond acceptors (Lipinski definition) is 4. The SMILES string of the molecule is COc1ccc(-c2cc(C(=O)NCc3ccco3)n(-c3cccc(C)c3)n2)cc1. The van der Waals surface area contributed by atoms with Crippen LogP contribution in [0.3, 0.4) is 0 Å². The van der Waals surface area contributed by atoms with Crippen molar-refractivity contribution in [2.45, 2.75) is 13.5 Å². The first-order valence-corrected chi connectivity index (χ1v) is 9.26. The minimum atomic E-state index is -0.227. The van der Waals surface area contributed by atoms with Gasteiger partial charge in [-0.1, -0.05) is 12.1 Å². The van der Waals surface area contributed by atoms with Gasteiger partial charge in [-0.05, 0) is 67.1 Å². The van der Waals surface area contributed by atoms with Crippen molar-refractivity contribution in [2.24, 2.45) is 0 Å². The van der Waals surface area contributed by atoms with Crippen LogP contribution < -0.4 is 10.1 Å². The maximum absolute atomic E-state index is 12.9. The zero-order valence-corrected chi connectivity index (χ0v) is 16.3. The van der Waals surface area contributed by atoms with E-state index < -0.39 is 0 Å². The molecule has 6 nitrogen and oxygen atoms in total. The summed E-state index contributed by atoms with van der Waals surface area (Å²) in [5.41, 5.74) is 3.97. The number of hydrogen-bond donors (Lipinski definition) is 1. The summed E-state index contributed by atoms with van der Waals surface area (Å²) in [6, 6.07) is 20.9. The zero-order valence-electron chi connectivity index (χ0n) is 16.3. The van der Waals surface area contributed by atoms with E-state index in [-0.39, 0.29) is 5.91 Å². The number of carbonyl (C=O) groups excluding carboxylic acids is 1. The summed E-state index contributed by atoms with van der Waals surface area (Å²) in [5.74, 6) is 1.23. The Bertz CT molecular complexity index is 1110. The second-order valence-corrected chi connectivity index (χ2v) is 6.66. The molecular formula is C23H21N3O3. The maximum Gasteiger partial charge on any atom is 0.270 e. The lowest BCUT2D eigenvalue weighted by molar-refractivity contribution is 0.0940. The van der Waals surface area contributed by atoms with Crippen LogP contribution in [0.25, 0.3) is 16.9 Å². The van der Waals surface area contributed by atoms with Gasteiger partial charge in [0, 0.05) is 5.56 Å². The Morgan fingerprint density at radius 3 is 2.62 bits per heavy atom. The van der Waals surface area contributed by atoms with E-state index in [2.05, 4.69) is 5.32 Å². The van der Waals surface area contributed by atoms with Crippen molar-refractivity contribution in [2.75, 3.05) is 7.11 Å². The molecule has 0 saturated heterocycles. The largest absolute Gasteiger partial charge is 0.497 e. The minimum absolute atomic E-state index is 0.227. The van der Waals surface area contributed by atoms with Crippen LogP contribution in [0.1, 0.15) is 21.8 Å². The van der Waals surface area contributed by atoms with E-state index in [9.17, 15) is 4.79 Å². The third-order valence-electron chi connectivity index (χ3n) is 4.58. The number of aromatic nitrogens is 2. The van der Waals surface area contributed by atoms with Crippen molar-refractivity contribution >= 4 is 5.91 Å². The quantitative estimate of drug-likeness (QED) is 0.533. The van der Waals surface area contributed by atoms with Gasteiger partial charge in [-0.3, -0.25) is 4.79 Å². The van der Waals surface area contributed by atoms with Gasteiger partial charge in [0.25, 0.3) is 5.91 Å². The van der Waals surface area contributed by atoms with Crippen LogP contribution >= 0.6 is 0 Å². The highest BCUT2D eigenvalue weighted by Gasteiger charge is 2.18. The first-order chi connectivity index (χ1) is 14.1. The van der Waals surface area contributed by atoms with Gasteiger partial charge in [-0.2, -0.15) is 5.10 Å². The van der Waals surface area contributed by atoms with E-state index in [1.54, 1.807) is 30.2 Å². The summed E-state index contributed by atoms with van der Waals surface area (Å²) in [6.07, 6.45) is 1.58. The molecule has 4 aromatic rings. The first-order valence-electron chi connectivity index (χ1n) is 9.26. The number of nitrogens with zero attached hydrogens (tertiary/aromatic N) is 2. The Balaban J connectivity index is 1.70. The molecule has 0 fully saturated rings. The number of aryl methyl sites for hydroxylation is 1. The summed E-state index contributed by atoms with van der Waals surface area (Å²) in [7, 11) is 1.63. The monoisotopic (exact) mass is 387 g/mol. The number of nitrogens with one attached hydrogen (secondary N) is 1. The number of furan rings is 1. The number of carbonyl (C=O) groups is 1. The third-order valence-corrected chi connectivity index (χ3v) is 4.58. The topological polar surface area (TPSA) is 69.3 Å². The highest BCUT2D eigenvalue weighted by Crippen LogP contribution is 2.24. The van der Waals surface area contributed by atoms with Crippen molar-refractivity contribution in [1.29, 1.82) is 0 Å². The molecule has 29 heavy (non-hydrogen) atoms. The summed E-state index contributed by atoms with van der Waals surface area (Å²) in [5, 5.41) is 7.60. The molecule has 0 saturated carbocycles. The number of amides is 1. The molecule has 0 aliphatic carbocycles. The maximum atomic E-state index is 12.9. The van der Waals surface area contributed by atoms with Crippen LogP contribution in [0.15, 0.2) is 77.4 Å². The number of rotatable bonds is 6. The lowest BCUT2D eigenvalue weighted by Crippen LogP contribution is -2.25. The van der Waals surface area contributed by atoms with Crippen LogP contribution in [0.5, 0.6) is 5.75 Å². The second kappa shape index (κ2) is 8.06. The minimum Gasteiger partial charge on any atom is -0.497 e. The molecule has 0 radical (unpaired) electrons. The molecule has 0 bridgehead atoms. The lowest BCUT2D eigenvalue weighted by Gasteiger charge is -2.08. The van der Waals surface area contributed by atoms with E-state index in [1.807, 2.05) is 61.5 Å². The van der Waals surface area contributed by atoms with Gasteiger partial charge in [0.05, 0.1) is 31.3 Å². The van der Waals surface area contributed by atoms with Crippen LogP contribution in [-0.4, -0.2) is 22.8 Å². The van der Waals surface area contributed by atoms with Gasteiger partial charge in [0.15, 0.2) is 0 Å². The molecule has 0 unspecified atom stereocenters. The average Bonchev–Trinajstić information content (AvgIpc) is 3.42. The van der Waals surface area contributed by atoms with Gasteiger partial charge >= 0.3 is 0 Å². The number of benzene rings is 2. The van der Waals surface area contributed by atoms with Gasteiger partial charge in [0.1, 0.15) is 17.2 Å². The average molecular weight is 387 g/mol. The van der Waals surface area contributed by atoms with Gasteiger partial charge < -0.3 is 14.5 Å². The van der Waals surface area contributed by atoms with Crippen molar-refractivity contribution in [3.05, 3.63) is 90.0 Å². The molecule has 2 heterocycles. The van der Waals surface area contributed by atoms with Crippen LogP contribution in [0, 0.1) is 6.92 Å². The normalized spacial score (nSPS) is 10.7. The van der Waals surface area contributed by atoms with Crippen molar-refractivity contribution in [1.82, 2.24) is 15.1 Å². The molecule has 0 atom stereocenters. The van der Waals surface area contributed by atoms with E-state index in [0.717, 1.165) is 22.6 Å². The molecule has 146 valence electrons. The Morgan fingerprint density at radius 2 is 1.93 bits per heavy atom. The Kier molecular flexibility index (Phi) is 5.16. The molecule has 0 spiro atoms. The predicted molar refractivity (Wildman–Crippen MR) is 110 cm³/mol. The Morgan fingerprint density at radius 1 is 1.10 bits per heavy atom. The van der Waals surface area contributed by atoms with Crippen LogP contribution in [-0.2, 0) is 6.54 Å². The third kappa shape index (κ3) is 4.06. The molecule has 1 amide bonds. The standard InChI is InChI=1S/C23H21N3O3/c1-16-5-3-6-18(13-16)26-22(23(27)24-15-20-7-4-12-29-20)14-21(25-26)17-8-10-19(28-2)11-9-17/h3-14H,15H2,1-2H3,(H,24,27). The van der Waals surface area contributed by atoms with E-state index >= 15 is 0 Å².